The van der Waals surface area contributed by atoms with Crippen LogP contribution in [0.4, 0.5) is 5.69 Å². The molecular weight excluding hydrogens is 306 g/mol. The average Bonchev–Trinajstić information content (AvgIpc) is 2.65. The molecule has 0 saturated heterocycles. The largest absolute Gasteiger partial charge is 0.388 e. The summed E-state index contributed by atoms with van der Waals surface area (Å²) >= 11 is 0. The molecule has 1 saturated carbocycles. The fourth-order valence-electron chi connectivity index (χ4n) is 3.88. The Morgan fingerprint density at radius 1 is 1.21 bits per heavy atom. The zero-order valence-electron chi connectivity index (χ0n) is 14.2. The SMILES string of the molecule is C=C1[C@H]2C=C[C@@H](c3ccccc3[N+](=O)[O-])[C@H]([C@@H]2OC(C)(C)C)[C@H]1O. The summed E-state index contributed by atoms with van der Waals surface area (Å²) in [5, 5.41) is 22.1. The average molecular weight is 329 g/mol. The van der Waals surface area contributed by atoms with E-state index >= 15 is 0 Å². The number of benzene rings is 1. The lowest BCUT2D eigenvalue weighted by atomic mass is 9.77. The summed E-state index contributed by atoms with van der Waals surface area (Å²) in [5.74, 6) is -0.597. The lowest BCUT2D eigenvalue weighted by Gasteiger charge is -2.37. The van der Waals surface area contributed by atoms with Crippen LogP contribution in [-0.4, -0.2) is 27.8 Å². The molecule has 1 aromatic carbocycles. The minimum absolute atomic E-state index is 0.0526. The second-order valence-electron chi connectivity index (χ2n) is 7.54. The fraction of sp³-hybridized carbons (Fsp3) is 0.474. The number of para-hydroxylation sites is 1. The van der Waals surface area contributed by atoms with Crippen molar-refractivity contribution in [3.8, 4) is 0 Å². The lowest BCUT2D eigenvalue weighted by Crippen LogP contribution is -2.39. The van der Waals surface area contributed by atoms with Gasteiger partial charge in [-0.25, -0.2) is 0 Å². The third-order valence-corrected chi connectivity index (χ3v) is 4.83. The van der Waals surface area contributed by atoms with Crippen LogP contribution in [0, 0.1) is 22.0 Å². The van der Waals surface area contributed by atoms with Gasteiger partial charge in [0.1, 0.15) is 0 Å². The Hall–Kier alpha value is -1.98. The number of hydrogen-bond donors (Lipinski definition) is 1. The zero-order valence-corrected chi connectivity index (χ0v) is 14.2. The third-order valence-electron chi connectivity index (χ3n) is 4.83. The number of fused-ring (bicyclic) bond motifs is 2. The van der Waals surface area contributed by atoms with Crippen LogP contribution in [0.25, 0.3) is 0 Å². The molecule has 0 spiro atoms. The predicted octanol–water partition coefficient (Wildman–Crippen LogP) is 3.60. The second-order valence-corrected chi connectivity index (χ2v) is 7.54. The van der Waals surface area contributed by atoms with Crippen molar-refractivity contribution < 1.29 is 14.8 Å². The summed E-state index contributed by atoms with van der Waals surface area (Å²) in [5.41, 5.74) is 1.04. The van der Waals surface area contributed by atoms with E-state index in [1.165, 1.54) is 6.07 Å². The first-order chi connectivity index (χ1) is 11.2. The first-order valence-electron chi connectivity index (χ1n) is 8.17. The van der Waals surface area contributed by atoms with Crippen LogP contribution < -0.4 is 0 Å². The van der Waals surface area contributed by atoms with Crippen molar-refractivity contribution in [2.24, 2.45) is 11.8 Å². The van der Waals surface area contributed by atoms with Crippen LogP contribution in [-0.2, 0) is 4.74 Å². The van der Waals surface area contributed by atoms with E-state index in [0.717, 1.165) is 5.57 Å². The van der Waals surface area contributed by atoms with Gasteiger partial charge in [-0.15, -0.1) is 0 Å². The highest BCUT2D eigenvalue weighted by molar-refractivity contribution is 5.47. The summed E-state index contributed by atoms with van der Waals surface area (Å²) in [6.45, 7) is 9.94. The first-order valence-corrected chi connectivity index (χ1v) is 8.17. The molecular formula is C19H23NO4. The van der Waals surface area contributed by atoms with E-state index in [1.54, 1.807) is 18.2 Å². The van der Waals surface area contributed by atoms with Gasteiger partial charge in [0.05, 0.1) is 22.7 Å². The maximum Gasteiger partial charge on any atom is 0.273 e. The lowest BCUT2D eigenvalue weighted by molar-refractivity contribution is -0.385. The van der Waals surface area contributed by atoms with Crippen molar-refractivity contribution in [1.82, 2.24) is 0 Å². The summed E-state index contributed by atoms with van der Waals surface area (Å²) in [4.78, 5) is 11.0. The topological polar surface area (TPSA) is 72.6 Å². The number of hydrogen-bond acceptors (Lipinski definition) is 4. The standard InChI is InChI=1S/C19H23NO4/c1-11-12-9-10-14(13-7-5-6-8-15(13)20(22)23)16(17(11)21)18(12)24-19(2,3)4/h5-10,12,14,16-18,21H,1H2,2-4H3/t12-,14+,16+,17+,18-/m1/s1. The van der Waals surface area contributed by atoms with Gasteiger partial charge in [0.2, 0.25) is 0 Å². The summed E-state index contributed by atoms with van der Waals surface area (Å²) < 4.78 is 6.22. The Bertz CT molecular complexity index is 704. The first kappa shape index (κ1) is 16.9. The summed E-state index contributed by atoms with van der Waals surface area (Å²) in [7, 11) is 0. The van der Waals surface area contributed by atoms with Crippen molar-refractivity contribution in [2.45, 2.75) is 44.5 Å². The van der Waals surface area contributed by atoms with Gasteiger partial charge in [0, 0.05) is 29.4 Å². The normalized spacial score (nSPS) is 32.2. The van der Waals surface area contributed by atoms with E-state index in [9.17, 15) is 15.2 Å². The predicted molar refractivity (Wildman–Crippen MR) is 91.7 cm³/mol. The highest BCUT2D eigenvalue weighted by Gasteiger charge is 2.52. The van der Waals surface area contributed by atoms with E-state index in [2.05, 4.69) is 6.58 Å². The number of ether oxygens (including phenoxy) is 1. The van der Waals surface area contributed by atoms with Gasteiger partial charge < -0.3 is 9.84 Å². The molecule has 5 atom stereocenters. The number of aliphatic hydroxyl groups is 1. The van der Waals surface area contributed by atoms with Gasteiger partial charge >= 0.3 is 0 Å². The number of aliphatic hydroxyl groups excluding tert-OH is 1. The van der Waals surface area contributed by atoms with Crippen molar-refractivity contribution >= 4 is 5.69 Å². The summed E-state index contributed by atoms with van der Waals surface area (Å²) in [6.07, 6.45) is 2.97. The van der Waals surface area contributed by atoms with Crippen LogP contribution >= 0.6 is 0 Å². The van der Waals surface area contributed by atoms with Crippen LogP contribution in [0.15, 0.2) is 48.6 Å². The second kappa shape index (κ2) is 5.83. The highest BCUT2D eigenvalue weighted by atomic mass is 16.6. The minimum Gasteiger partial charge on any atom is -0.388 e. The Morgan fingerprint density at radius 3 is 2.46 bits per heavy atom. The quantitative estimate of drug-likeness (QED) is 0.522. The smallest absolute Gasteiger partial charge is 0.273 e. The van der Waals surface area contributed by atoms with Gasteiger partial charge in [0.15, 0.2) is 0 Å². The molecule has 2 aliphatic rings. The molecule has 5 heteroatoms. The summed E-state index contributed by atoms with van der Waals surface area (Å²) in [6, 6.07) is 6.71. The van der Waals surface area contributed by atoms with Gasteiger partial charge in [-0.3, -0.25) is 10.1 Å². The highest BCUT2D eigenvalue weighted by Crippen LogP contribution is 2.51. The maximum atomic E-state index is 11.4. The van der Waals surface area contributed by atoms with Crippen LogP contribution in [0.5, 0.6) is 0 Å². The van der Waals surface area contributed by atoms with E-state index in [1.807, 2.05) is 32.9 Å². The van der Waals surface area contributed by atoms with Crippen molar-refractivity contribution in [2.75, 3.05) is 0 Å². The number of allylic oxidation sites excluding steroid dienone is 1. The van der Waals surface area contributed by atoms with E-state index in [0.29, 0.717) is 5.56 Å². The molecule has 0 aromatic heterocycles. The van der Waals surface area contributed by atoms with Crippen molar-refractivity contribution in [3.05, 3.63) is 64.2 Å². The number of nitrogens with zero attached hydrogens (tertiary/aromatic N) is 1. The number of nitro groups is 1. The van der Waals surface area contributed by atoms with Crippen molar-refractivity contribution in [1.29, 1.82) is 0 Å². The van der Waals surface area contributed by atoms with Crippen LogP contribution in [0.2, 0.25) is 0 Å². The molecule has 1 aromatic rings. The van der Waals surface area contributed by atoms with E-state index in [4.69, 9.17) is 4.74 Å². The Labute approximate surface area is 141 Å². The van der Waals surface area contributed by atoms with Crippen LogP contribution in [0.1, 0.15) is 32.3 Å². The molecule has 0 radical (unpaired) electrons. The monoisotopic (exact) mass is 329 g/mol. The number of nitro benzene ring substituents is 1. The van der Waals surface area contributed by atoms with Crippen molar-refractivity contribution in [3.63, 3.8) is 0 Å². The molecule has 2 aliphatic carbocycles. The maximum absolute atomic E-state index is 11.4. The molecule has 0 heterocycles. The molecule has 0 unspecified atom stereocenters. The van der Waals surface area contributed by atoms with Gasteiger partial charge in [-0.2, -0.15) is 0 Å². The molecule has 0 aliphatic heterocycles. The molecule has 3 rings (SSSR count). The molecule has 5 nitrogen and oxygen atoms in total. The molecule has 24 heavy (non-hydrogen) atoms. The van der Waals surface area contributed by atoms with Crippen LogP contribution in [0.3, 0.4) is 0 Å². The number of rotatable bonds is 3. The molecule has 128 valence electrons. The van der Waals surface area contributed by atoms with E-state index in [-0.39, 0.29) is 40.1 Å². The molecule has 1 fully saturated rings. The zero-order chi connectivity index (χ0) is 17.6. The van der Waals surface area contributed by atoms with Gasteiger partial charge in [-0.05, 0) is 26.3 Å². The Balaban J connectivity index is 2.05. The van der Waals surface area contributed by atoms with Gasteiger partial charge in [0.25, 0.3) is 5.69 Å². The third kappa shape index (κ3) is 2.78. The minimum atomic E-state index is -0.734. The fourth-order valence-corrected chi connectivity index (χ4v) is 3.88. The Morgan fingerprint density at radius 2 is 1.83 bits per heavy atom. The van der Waals surface area contributed by atoms with Gasteiger partial charge in [-0.1, -0.05) is 36.9 Å². The van der Waals surface area contributed by atoms with E-state index < -0.39 is 6.10 Å². The molecule has 0 amide bonds. The Kier molecular flexibility index (Phi) is 4.10. The molecule has 1 N–H and O–H groups in total. The molecule has 2 bridgehead atoms.